The lowest BCUT2D eigenvalue weighted by Crippen LogP contribution is -2.27. The van der Waals surface area contributed by atoms with Gasteiger partial charge in [-0.2, -0.15) is 10.2 Å². The van der Waals surface area contributed by atoms with E-state index in [1.165, 1.54) is 14.2 Å². The van der Waals surface area contributed by atoms with E-state index >= 15 is 0 Å². The Morgan fingerprint density at radius 3 is 1.28 bits per heavy atom. The third kappa shape index (κ3) is 7.93. The number of Topliss-reactive ketones (excluding diaryl/α,β-unsaturated/α-hetero) is 2. The fourth-order valence-electron chi connectivity index (χ4n) is 6.70. The van der Waals surface area contributed by atoms with Crippen molar-refractivity contribution in [1.29, 1.82) is 0 Å². The van der Waals surface area contributed by atoms with E-state index in [-0.39, 0.29) is 22.6 Å². The van der Waals surface area contributed by atoms with E-state index < -0.39 is 23.4 Å². The van der Waals surface area contributed by atoms with Crippen LogP contribution in [0.5, 0.6) is 11.5 Å². The molecule has 0 aliphatic heterocycles. The Morgan fingerprint density at radius 2 is 0.883 bits per heavy atom. The van der Waals surface area contributed by atoms with E-state index in [2.05, 4.69) is 31.0 Å². The molecule has 2 aliphatic rings. The number of hydrogen-bond donors (Lipinski definition) is 4. The molecule has 0 radical (unpaired) electrons. The molecule has 12 heteroatoms. The summed E-state index contributed by atoms with van der Waals surface area (Å²) >= 11 is 0. The van der Waals surface area contributed by atoms with Crippen molar-refractivity contribution in [3.8, 4) is 22.6 Å². The Bertz CT molecular complexity index is 2650. The molecule has 0 bridgehead atoms. The lowest BCUT2D eigenvalue weighted by atomic mass is 9.89. The smallest absolute Gasteiger partial charge is 0.222 e. The number of aliphatic hydroxyl groups is 2. The molecule has 60 heavy (non-hydrogen) atoms. The SMILES string of the molecule is COc1cc(-c2ccc(N/N=C3/C(=O)C(C(O)=Nc4ccccc4)=Cc4ccccc43)c(OC)c2)ccc1N/N=C1/C(=O)C(C(O)=Nc2ccccc2)=Cc2ccccc21. The molecule has 2 aliphatic carbocycles. The van der Waals surface area contributed by atoms with Crippen molar-refractivity contribution in [3.63, 3.8) is 0 Å². The number of para-hydroxylation sites is 2. The number of nitrogens with one attached hydrogen (secondary N) is 2. The van der Waals surface area contributed by atoms with Gasteiger partial charge in [-0.15, -0.1) is 0 Å². The van der Waals surface area contributed by atoms with Gasteiger partial charge in [0, 0.05) is 11.1 Å². The van der Waals surface area contributed by atoms with Crippen LogP contribution < -0.4 is 20.3 Å². The maximum absolute atomic E-state index is 13.8. The summed E-state index contributed by atoms with van der Waals surface area (Å²) in [6.07, 6.45) is 3.21. The predicted octanol–water partition coefficient (Wildman–Crippen LogP) is 9.51. The molecule has 0 unspecified atom stereocenters. The minimum Gasteiger partial charge on any atom is -0.494 e. The molecule has 0 aromatic heterocycles. The Labute approximate surface area is 344 Å². The number of ketones is 2. The highest BCUT2D eigenvalue weighted by Gasteiger charge is 2.30. The Kier molecular flexibility index (Phi) is 10.9. The van der Waals surface area contributed by atoms with Crippen LogP contribution in [0.3, 0.4) is 0 Å². The standard InChI is InChI=1S/C48H36N6O6/c1-59-41-27-29(21-23-39(41)51-53-43-35-19-11-9-13-31(35)25-37(45(43)55)47(57)49-33-15-5-3-6-16-33)30-22-24-40(42(28-30)60-2)52-54-44-36-20-12-10-14-32(36)26-38(46(44)56)48(58)50-34-17-7-4-8-18-34/h3-28,51-52H,1-2H3,(H,49,57)(H,50,58)/b53-43+,54-44+. The van der Waals surface area contributed by atoms with Crippen molar-refractivity contribution in [2.75, 3.05) is 25.1 Å². The zero-order valence-electron chi connectivity index (χ0n) is 32.3. The molecule has 0 saturated carbocycles. The summed E-state index contributed by atoms with van der Waals surface area (Å²) in [5.74, 6) is -0.926. The number of ether oxygens (including phenoxy) is 2. The first kappa shape index (κ1) is 38.5. The van der Waals surface area contributed by atoms with Crippen LogP contribution in [0.15, 0.2) is 177 Å². The number of hydrazone groups is 2. The van der Waals surface area contributed by atoms with E-state index in [0.717, 1.165) is 11.1 Å². The minimum absolute atomic E-state index is 0.0167. The Hall–Kier alpha value is -8.38. The lowest BCUT2D eigenvalue weighted by Gasteiger charge is -2.18. The van der Waals surface area contributed by atoms with Crippen LogP contribution >= 0.6 is 0 Å². The predicted molar refractivity (Wildman–Crippen MR) is 236 cm³/mol. The molecule has 0 amide bonds. The van der Waals surface area contributed by atoms with Crippen molar-refractivity contribution >= 4 is 69.7 Å². The van der Waals surface area contributed by atoms with E-state index in [9.17, 15) is 19.8 Å². The third-order valence-electron chi connectivity index (χ3n) is 9.73. The van der Waals surface area contributed by atoms with E-state index in [1.54, 1.807) is 84.9 Å². The van der Waals surface area contributed by atoms with Crippen LogP contribution in [0.2, 0.25) is 0 Å². The maximum Gasteiger partial charge on any atom is 0.222 e. The molecule has 294 valence electrons. The first-order valence-corrected chi connectivity index (χ1v) is 18.7. The van der Waals surface area contributed by atoms with E-state index in [0.29, 0.717) is 56.5 Å². The van der Waals surface area contributed by atoms with Crippen molar-refractivity contribution in [2.45, 2.75) is 0 Å². The summed E-state index contributed by atoms with van der Waals surface area (Å²) in [4.78, 5) is 36.0. The van der Waals surface area contributed by atoms with Crippen molar-refractivity contribution in [3.05, 3.63) is 179 Å². The molecule has 0 fully saturated rings. The molecule has 6 aromatic carbocycles. The second kappa shape index (κ2) is 17.0. The summed E-state index contributed by atoms with van der Waals surface area (Å²) in [5.41, 5.74) is 12.4. The van der Waals surface area contributed by atoms with Gasteiger partial charge in [0.2, 0.25) is 23.4 Å². The van der Waals surface area contributed by atoms with Gasteiger partial charge in [0.05, 0.1) is 48.1 Å². The van der Waals surface area contributed by atoms with Gasteiger partial charge < -0.3 is 19.7 Å². The van der Waals surface area contributed by atoms with Crippen LogP contribution in [0, 0.1) is 0 Å². The number of hydrogen-bond acceptors (Lipinski definition) is 10. The number of rotatable bonds is 11. The minimum atomic E-state index is -0.496. The summed E-state index contributed by atoms with van der Waals surface area (Å²) in [7, 11) is 3.06. The monoisotopic (exact) mass is 792 g/mol. The number of fused-ring (bicyclic) bond motifs is 2. The highest BCUT2D eigenvalue weighted by molar-refractivity contribution is 6.59. The molecule has 0 spiro atoms. The van der Waals surface area contributed by atoms with Crippen LogP contribution in [0.1, 0.15) is 22.3 Å². The van der Waals surface area contributed by atoms with Gasteiger partial charge in [0.1, 0.15) is 22.9 Å². The maximum atomic E-state index is 13.8. The van der Waals surface area contributed by atoms with Gasteiger partial charge in [-0.1, -0.05) is 97.1 Å². The number of anilines is 2. The molecular weight excluding hydrogens is 757 g/mol. The normalized spacial score (nSPS) is 15.2. The third-order valence-corrected chi connectivity index (χ3v) is 9.73. The Morgan fingerprint density at radius 1 is 0.500 bits per heavy atom. The highest BCUT2D eigenvalue weighted by Crippen LogP contribution is 2.36. The van der Waals surface area contributed by atoms with Gasteiger partial charge in [-0.25, -0.2) is 9.98 Å². The van der Waals surface area contributed by atoms with Crippen LogP contribution in [-0.4, -0.2) is 59.2 Å². The first-order valence-electron chi connectivity index (χ1n) is 18.7. The number of aliphatic imine (C=N–C) groups is 2. The molecule has 12 nitrogen and oxygen atoms in total. The van der Waals surface area contributed by atoms with E-state index in [1.807, 2.05) is 72.8 Å². The average molecular weight is 793 g/mol. The first-order chi connectivity index (χ1) is 29.3. The van der Waals surface area contributed by atoms with E-state index in [4.69, 9.17) is 9.47 Å². The topological polar surface area (TPSA) is 167 Å². The van der Waals surface area contributed by atoms with Crippen molar-refractivity contribution in [1.82, 2.24) is 0 Å². The van der Waals surface area contributed by atoms with Crippen LogP contribution in [0.25, 0.3) is 23.3 Å². The number of nitrogens with zero attached hydrogens (tertiary/aromatic N) is 4. The molecule has 0 saturated heterocycles. The van der Waals surface area contributed by atoms with Gasteiger partial charge in [-0.05, 0) is 82.9 Å². The lowest BCUT2D eigenvalue weighted by molar-refractivity contribution is -0.110. The van der Waals surface area contributed by atoms with Crippen LogP contribution in [0.4, 0.5) is 22.7 Å². The molecule has 6 aromatic rings. The zero-order chi connectivity index (χ0) is 41.6. The largest absolute Gasteiger partial charge is 0.494 e. The highest BCUT2D eigenvalue weighted by atomic mass is 16.5. The second-order valence-electron chi connectivity index (χ2n) is 13.5. The Balaban J connectivity index is 1.04. The van der Waals surface area contributed by atoms with Gasteiger partial charge >= 0.3 is 0 Å². The summed E-state index contributed by atoms with van der Waals surface area (Å²) in [6, 6.07) is 43.2. The van der Waals surface area contributed by atoms with Gasteiger partial charge in [0.15, 0.2) is 0 Å². The number of carbonyl (C=O) groups is 2. The van der Waals surface area contributed by atoms with Crippen molar-refractivity contribution < 1.29 is 29.3 Å². The molecule has 4 N–H and O–H groups in total. The van der Waals surface area contributed by atoms with Crippen molar-refractivity contribution in [2.24, 2.45) is 20.2 Å². The zero-order valence-corrected chi connectivity index (χ0v) is 32.3. The number of aliphatic hydroxyl groups excluding tert-OH is 2. The second-order valence-corrected chi connectivity index (χ2v) is 13.5. The molecule has 8 rings (SSSR count). The summed E-state index contributed by atoms with van der Waals surface area (Å²) < 4.78 is 11.5. The van der Waals surface area contributed by atoms with Gasteiger partial charge in [0.25, 0.3) is 0 Å². The number of benzene rings is 6. The van der Waals surface area contributed by atoms with Crippen LogP contribution in [-0.2, 0) is 9.59 Å². The van der Waals surface area contributed by atoms with Gasteiger partial charge in [-0.3, -0.25) is 20.4 Å². The fourth-order valence-corrected chi connectivity index (χ4v) is 6.70. The summed E-state index contributed by atoms with van der Waals surface area (Å²) in [6.45, 7) is 0. The molecular formula is C48H36N6O6. The fraction of sp³-hybridized carbons (Fsp3) is 0.0417. The average Bonchev–Trinajstić information content (AvgIpc) is 3.28. The molecule has 0 heterocycles. The summed E-state index contributed by atoms with van der Waals surface area (Å²) in [5, 5.41) is 30.9. The molecule has 0 atom stereocenters. The quantitative estimate of drug-likeness (QED) is 0.0572. The number of carbonyl (C=O) groups excluding carboxylic acids is 2. The number of methoxy groups -OCH3 is 2.